The number of benzene rings is 2. The molecule has 8 heteroatoms. The number of anilines is 2. The normalized spacial score (nSPS) is 14.3. The van der Waals surface area contributed by atoms with Crippen molar-refractivity contribution >= 4 is 39.3 Å². The number of nitrogens with zero attached hydrogens (tertiary/aromatic N) is 4. The first-order chi connectivity index (χ1) is 14.3. The number of H-pyrrole nitrogens is 1. The Balaban J connectivity index is 1.21. The third-order valence-corrected chi connectivity index (χ3v) is 5.89. The van der Waals surface area contributed by atoms with E-state index in [2.05, 4.69) is 24.6 Å². The number of urea groups is 1. The molecule has 0 atom stereocenters. The molecule has 1 aliphatic rings. The van der Waals surface area contributed by atoms with Crippen LogP contribution in [0.15, 0.2) is 60.8 Å². The maximum atomic E-state index is 12.7. The van der Waals surface area contributed by atoms with Crippen molar-refractivity contribution in [2.75, 3.05) is 36.4 Å². The summed E-state index contributed by atoms with van der Waals surface area (Å²) in [4.78, 5) is 24.6. The van der Waals surface area contributed by atoms with Crippen LogP contribution in [0.4, 0.5) is 15.6 Å². The van der Waals surface area contributed by atoms with Crippen molar-refractivity contribution in [1.82, 2.24) is 19.2 Å². The van der Waals surface area contributed by atoms with Gasteiger partial charge in [0.15, 0.2) is 5.82 Å². The van der Waals surface area contributed by atoms with Gasteiger partial charge in [0.05, 0.1) is 5.69 Å². The molecule has 2 aromatic heterocycles. The smallest absolute Gasteiger partial charge is 0.322 e. The van der Waals surface area contributed by atoms with Crippen LogP contribution in [-0.4, -0.2) is 51.5 Å². The van der Waals surface area contributed by atoms with E-state index in [-0.39, 0.29) is 6.03 Å². The first-order valence-corrected chi connectivity index (χ1v) is 10.3. The number of aromatic nitrogens is 3. The maximum absolute atomic E-state index is 12.7. The number of hydrogen-bond acceptors (Lipinski definition) is 5. The third-order valence-electron chi connectivity index (χ3n) is 5.12. The molecule has 4 aromatic rings. The first-order valence-electron chi connectivity index (χ1n) is 9.54. The zero-order valence-corrected chi connectivity index (χ0v) is 16.5. The highest BCUT2D eigenvalue weighted by Gasteiger charge is 2.24. The fourth-order valence-corrected chi connectivity index (χ4v) is 4.26. The molecule has 1 fully saturated rings. The summed E-state index contributed by atoms with van der Waals surface area (Å²) in [5, 5.41) is 4.95. The van der Waals surface area contributed by atoms with Gasteiger partial charge in [0, 0.05) is 60.4 Å². The molecule has 2 aromatic carbocycles. The summed E-state index contributed by atoms with van der Waals surface area (Å²) in [6.07, 6.45) is 1.84. The van der Waals surface area contributed by atoms with E-state index in [1.54, 1.807) is 0 Å². The number of piperazine rings is 1. The fraction of sp³-hybridized carbons (Fsp3) is 0.190. The van der Waals surface area contributed by atoms with Gasteiger partial charge in [0.1, 0.15) is 0 Å². The topological polar surface area (TPSA) is 77.2 Å². The average molecular weight is 404 g/mol. The van der Waals surface area contributed by atoms with Gasteiger partial charge >= 0.3 is 6.03 Å². The molecule has 0 radical (unpaired) electrons. The second kappa shape index (κ2) is 7.56. The van der Waals surface area contributed by atoms with Crippen LogP contribution in [0, 0.1) is 0 Å². The Morgan fingerprint density at radius 3 is 2.59 bits per heavy atom. The van der Waals surface area contributed by atoms with Gasteiger partial charge in [-0.1, -0.05) is 48.5 Å². The largest absolute Gasteiger partial charge is 0.359 e. The third kappa shape index (κ3) is 3.54. The Bertz CT molecular complexity index is 1130. The molecular formula is C21H20N6OS. The molecule has 146 valence electrons. The predicted octanol–water partition coefficient (Wildman–Crippen LogP) is 4.04. The monoisotopic (exact) mass is 404 g/mol. The Morgan fingerprint density at radius 2 is 1.76 bits per heavy atom. The van der Waals surface area contributed by atoms with Gasteiger partial charge in [-0.3, -0.25) is 0 Å². The van der Waals surface area contributed by atoms with E-state index in [9.17, 15) is 4.79 Å². The van der Waals surface area contributed by atoms with Crippen LogP contribution in [0.2, 0.25) is 0 Å². The van der Waals surface area contributed by atoms with Crippen LogP contribution < -0.4 is 10.2 Å². The first kappa shape index (κ1) is 17.7. The fourth-order valence-electron chi connectivity index (χ4n) is 3.52. The minimum atomic E-state index is -0.0726. The number of hydrogen-bond donors (Lipinski definition) is 2. The molecule has 5 rings (SSSR count). The summed E-state index contributed by atoms with van der Waals surface area (Å²) in [5.74, 6) is 0.755. The highest BCUT2D eigenvalue weighted by molar-refractivity contribution is 7.09. The number of aromatic amines is 1. The summed E-state index contributed by atoms with van der Waals surface area (Å²) in [5.41, 5.74) is 2.84. The molecule has 1 saturated heterocycles. The van der Waals surface area contributed by atoms with Gasteiger partial charge < -0.3 is 20.1 Å². The number of nitrogens with one attached hydrogen (secondary N) is 2. The van der Waals surface area contributed by atoms with Crippen molar-refractivity contribution in [3.8, 4) is 11.4 Å². The van der Waals surface area contributed by atoms with Crippen molar-refractivity contribution < 1.29 is 4.79 Å². The Hall–Kier alpha value is -3.39. The van der Waals surface area contributed by atoms with E-state index < -0.39 is 0 Å². The zero-order valence-electron chi connectivity index (χ0n) is 15.7. The zero-order chi connectivity index (χ0) is 19.6. The highest BCUT2D eigenvalue weighted by atomic mass is 32.1. The van der Waals surface area contributed by atoms with Crippen LogP contribution in [0.25, 0.3) is 22.3 Å². The van der Waals surface area contributed by atoms with E-state index in [0.717, 1.165) is 46.2 Å². The van der Waals surface area contributed by atoms with E-state index in [1.807, 2.05) is 65.7 Å². The molecule has 0 bridgehead atoms. The molecule has 7 nitrogen and oxygen atoms in total. The van der Waals surface area contributed by atoms with Gasteiger partial charge in [-0.15, -0.1) is 0 Å². The van der Waals surface area contributed by atoms with Crippen molar-refractivity contribution in [3.05, 3.63) is 60.8 Å². The maximum Gasteiger partial charge on any atom is 0.322 e. The summed E-state index contributed by atoms with van der Waals surface area (Å²) in [6, 6.07) is 17.8. The highest BCUT2D eigenvalue weighted by Crippen LogP contribution is 2.26. The molecule has 3 heterocycles. The second-order valence-corrected chi connectivity index (χ2v) is 7.65. The molecule has 2 amide bonds. The molecule has 0 unspecified atom stereocenters. The minimum Gasteiger partial charge on any atom is -0.359 e. The quantitative estimate of drug-likeness (QED) is 0.540. The number of rotatable bonds is 3. The van der Waals surface area contributed by atoms with Crippen molar-refractivity contribution in [1.29, 1.82) is 0 Å². The van der Waals surface area contributed by atoms with Crippen molar-refractivity contribution in [2.24, 2.45) is 0 Å². The molecule has 0 saturated carbocycles. The van der Waals surface area contributed by atoms with Gasteiger partial charge in [0.25, 0.3) is 0 Å². The second-order valence-electron chi connectivity index (χ2n) is 6.92. The van der Waals surface area contributed by atoms with E-state index in [1.165, 1.54) is 11.5 Å². The average Bonchev–Trinajstić information content (AvgIpc) is 3.43. The van der Waals surface area contributed by atoms with Crippen molar-refractivity contribution in [3.63, 3.8) is 0 Å². The molecular weight excluding hydrogens is 384 g/mol. The van der Waals surface area contributed by atoms with Gasteiger partial charge in [-0.05, 0) is 6.07 Å². The molecule has 2 N–H and O–H groups in total. The number of carbonyl (C=O) groups excluding carboxylic acids is 1. The lowest BCUT2D eigenvalue weighted by Gasteiger charge is -2.34. The summed E-state index contributed by atoms with van der Waals surface area (Å²) < 4.78 is 4.49. The van der Waals surface area contributed by atoms with Crippen LogP contribution >= 0.6 is 11.5 Å². The van der Waals surface area contributed by atoms with E-state index >= 15 is 0 Å². The number of para-hydroxylation sites is 1. The van der Waals surface area contributed by atoms with Gasteiger partial charge in [-0.2, -0.15) is 9.36 Å². The summed E-state index contributed by atoms with van der Waals surface area (Å²) >= 11 is 1.41. The van der Waals surface area contributed by atoms with Crippen molar-refractivity contribution in [2.45, 2.75) is 0 Å². The summed E-state index contributed by atoms with van der Waals surface area (Å²) in [6.45, 7) is 2.78. The molecule has 0 spiro atoms. The van der Waals surface area contributed by atoms with Gasteiger partial charge in [0.2, 0.25) is 5.13 Å². The Kier molecular flexibility index (Phi) is 4.61. The molecule has 29 heavy (non-hydrogen) atoms. The SMILES string of the molecule is O=C(Nc1c[nH]c2ccccc12)N1CCN(c2nc(-c3ccccc3)ns2)CC1. The van der Waals surface area contributed by atoms with Crippen LogP contribution in [0.3, 0.4) is 0 Å². The number of fused-ring (bicyclic) bond motifs is 1. The van der Waals surface area contributed by atoms with E-state index in [4.69, 9.17) is 0 Å². The van der Waals surface area contributed by atoms with Crippen LogP contribution in [-0.2, 0) is 0 Å². The predicted molar refractivity (Wildman–Crippen MR) is 116 cm³/mol. The summed E-state index contributed by atoms with van der Waals surface area (Å²) in [7, 11) is 0. The molecule has 1 aliphatic heterocycles. The lowest BCUT2D eigenvalue weighted by Crippen LogP contribution is -2.50. The Labute approximate surface area is 172 Å². The number of carbonyl (C=O) groups is 1. The van der Waals surface area contributed by atoms with E-state index in [0.29, 0.717) is 13.1 Å². The standard InChI is InChI=1S/C21H20N6OS/c28-20(23-18-14-22-17-9-5-4-8-16(17)18)26-10-12-27(13-11-26)21-24-19(25-29-21)15-6-2-1-3-7-15/h1-9,14,22H,10-13H2,(H,23,28). The van der Waals surface area contributed by atoms with Crippen LogP contribution in [0.5, 0.6) is 0 Å². The molecule has 0 aliphatic carbocycles. The number of amides is 2. The van der Waals surface area contributed by atoms with Gasteiger partial charge in [-0.25, -0.2) is 4.79 Å². The lowest BCUT2D eigenvalue weighted by atomic mass is 10.2. The minimum absolute atomic E-state index is 0.0726. The van der Waals surface area contributed by atoms with Crippen LogP contribution in [0.1, 0.15) is 0 Å². The lowest BCUT2D eigenvalue weighted by molar-refractivity contribution is 0.208. The Morgan fingerprint density at radius 1 is 1.00 bits per heavy atom.